The van der Waals surface area contributed by atoms with Crippen molar-refractivity contribution < 1.29 is 27.5 Å². The molecule has 0 spiro atoms. The first-order chi connectivity index (χ1) is 13.2. The summed E-state index contributed by atoms with van der Waals surface area (Å²) < 4.78 is 38.4. The lowest BCUT2D eigenvalue weighted by Crippen LogP contribution is -2.28. The molecular formula is C18H21N3O6S. The predicted molar refractivity (Wildman–Crippen MR) is 101 cm³/mol. The van der Waals surface area contributed by atoms with Crippen LogP contribution in [0.15, 0.2) is 38.8 Å². The monoisotopic (exact) mass is 407 g/mol. The van der Waals surface area contributed by atoms with Crippen molar-refractivity contribution in [2.45, 2.75) is 31.7 Å². The normalized spacial score (nSPS) is 13.5. The van der Waals surface area contributed by atoms with Gasteiger partial charge in [0.05, 0.1) is 18.0 Å². The fraction of sp³-hybridized carbons (Fsp3) is 0.333. The molecule has 28 heavy (non-hydrogen) atoms. The van der Waals surface area contributed by atoms with Gasteiger partial charge in [0.25, 0.3) is 5.91 Å². The van der Waals surface area contributed by atoms with Crippen molar-refractivity contribution in [2.24, 2.45) is 0 Å². The number of benzene rings is 1. The van der Waals surface area contributed by atoms with Crippen LogP contribution in [0, 0.1) is 11.3 Å². The third-order valence-electron chi connectivity index (χ3n) is 3.95. The quantitative estimate of drug-likeness (QED) is 0.363. The van der Waals surface area contributed by atoms with Gasteiger partial charge in [-0.1, -0.05) is 6.92 Å². The number of ether oxygens (including phenoxy) is 1. The standard InChI is InChI=1S/C18H21N3O6S/c1-5-20-28(24,25)16-7-6-14(26-4)17-12(16)8-15(27-17)10(2)21-18(23)13(9-19)11(3)22/h6-8,10,20,22H,5H2,1-4H3,(H,21,23)/b13-11-. The number of fused-ring (bicyclic) bond motifs is 1. The van der Waals surface area contributed by atoms with E-state index in [1.807, 2.05) is 0 Å². The summed E-state index contributed by atoms with van der Waals surface area (Å²) in [7, 11) is -2.34. The maximum Gasteiger partial charge on any atom is 0.265 e. The molecule has 0 aliphatic carbocycles. The molecule has 1 amide bonds. The predicted octanol–water partition coefficient (Wildman–Crippen LogP) is 2.27. The highest BCUT2D eigenvalue weighted by Crippen LogP contribution is 2.35. The van der Waals surface area contributed by atoms with Crippen LogP contribution < -0.4 is 14.8 Å². The molecule has 0 radical (unpaired) electrons. The Hall–Kier alpha value is -3.03. The van der Waals surface area contributed by atoms with Crippen LogP contribution in [0.2, 0.25) is 0 Å². The van der Waals surface area contributed by atoms with Crippen molar-refractivity contribution in [3.8, 4) is 11.8 Å². The van der Waals surface area contributed by atoms with Crippen molar-refractivity contribution in [3.05, 3.63) is 35.3 Å². The van der Waals surface area contributed by atoms with Gasteiger partial charge in [-0.05, 0) is 32.0 Å². The van der Waals surface area contributed by atoms with Crippen LogP contribution in [-0.2, 0) is 14.8 Å². The third-order valence-corrected chi connectivity index (χ3v) is 5.55. The molecule has 2 rings (SSSR count). The minimum Gasteiger partial charge on any atom is -0.511 e. The van der Waals surface area contributed by atoms with E-state index < -0.39 is 33.3 Å². The van der Waals surface area contributed by atoms with Crippen LogP contribution in [-0.4, -0.2) is 33.1 Å². The van der Waals surface area contributed by atoms with Gasteiger partial charge in [0.15, 0.2) is 16.9 Å². The number of carbonyl (C=O) groups excluding carboxylic acids is 1. The zero-order valence-electron chi connectivity index (χ0n) is 15.9. The van der Waals surface area contributed by atoms with Crippen LogP contribution in [0.1, 0.15) is 32.6 Å². The van der Waals surface area contributed by atoms with Crippen molar-refractivity contribution in [1.29, 1.82) is 5.26 Å². The van der Waals surface area contributed by atoms with Crippen LogP contribution in [0.25, 0.3) is 11.0 Å². The molecule has 1 aromatic carbocycles. The highest BCUT2D eigenvalue weighted by atomic mass is 32.2. The fourth-order valence-electron chi connectivity index (χ4n) is 2.61. The number of nitriles is 1. The topological polar surface area (TPSA) is 142 Å². The molecule has 2 aromatic rings. The highest BCUT2D eigenvalue weighted by molar-refractivity contribution is 7.89. The summed E-state index contributed by atoms with van der Waals surface area (Å²) in [6.07, 6.45) is 0. The maximum absolute atomic E-state index is 12.5. The van der Waals surface area contributed by atoms with Gasteiger partial charge in [0.2, 0.25) is 10.0 Å². The maximum atomic E-state index is 12.5. The number of hydrogen-bond acceptors (Lipinski definition) is 7. The Kier molecular flexibility index (Phi) is 6.33. The molecule has 0 aliphatic heterocycles. The van der Waals surface area contributed by atoms with Gasteiger partial charge < -0.3 is 19.6 Å². The third kappa shape index (κ3) is 4.11. The Morgan fingerprint density at radius 1 is 1.43 bits per heavy atom. The fourth-order valence-corrected chi connectivity index (χ4v) is 3.83. The van der Waals surface area contributed by atoms with E-state index >= 15 is 0 Å². The number of furan rings is 1. The van der Waals surface area contributed by atoms with Gasteiger partial charge in [0, 0.05) is 11.9 Å². The molecule has 9 nitrogen and oxygen atoms in total. The number of sulfonamides is 1. The molecule has 10 heteroatoms. The smallest absolute Gasteiger partial charge is 0.265 e. The number of allylic oxidation sites excluding steroid dienone is 1. The molecule has 1 heterocycles. The lowest BCUT2D eigenvalue weighted by Gasteiger charge is -2.10. The minimum atomic E-state index is -3.76. The Labute approximate surface area is 162 Å². The zero-order valence-corrected chi connectivity index (χ0v) is 16.7. The van der Waals surface area contributed by atoms with E-state index in [1.165, 1.54) is 32.2 Å². The van der Waals surface area contributed by atoms with Gasteiger partial charge in [-0.15, -0.1) is 0 Å². The van der Waals surface area contributed by atoms with Gasteiger partial charge in [0.1, 0.15) is 17.6 Å². The average Bonchev–Trinajstić information content (AvgIpc) is 3.06. The molecule has 150 valence electrons. The number of aliphatic hydroxyl groups is 1. The largest absolute Gasteiger partial charge is 0.511 e. The Morgan fingerprint density at radius 3 is 2.64 bits per heavy atom. The number of rotatable bonds is 7. The first kappa shape index (κ1) is 21.3. The summed E-state index contributed by atoms with van der Waals surface area (Å²) >= 11 is 0. The zero-order chi connectivity index (χ0) is 21.1. The molecule has 3 N–H and O–H groups in total. The van der Waals surface area contributed by atoms with Crippen molar-refractivity contribution in [1.82, 2.24) is 10.0 Å². The van der Waals surface area contributed by atoms with Crippen molar-refractivity contribution >= 4 is 26.9 Å². The van der Waals surface area contributed by atoms with E-state index in [0.717, 1.165) is 0 Å². The molecule has 0 aliphatic rings. The summed E-state index contributed by atoms with van der Waals surface area (Å²) in [5.41, 5.74) is -0.206. The SMILES string of the molecule is CCNS(=O)(=O)c1ccc(OC)c2oc(C(C)NC(=O)/C(C#N)=C(/C)O)cc12. The summed E-state index contributed by atoms with van der Waals surface area (Å²) in [5, 5.41) is 21.2. The van der Waals surface area contributed by atoms with E-state index in [0.29, 0.717) is 11.1 Å². The molecule has 1 aromatic heterocycles. The van der Waals surface area contributed by atoms with Gasteiger partial charge >= 0.3 is 0 Å². The van der Waals surface area contributed by atoms with Crippen LogP contribution in [0.3, 0.4) is 0 Å². The van der Waals surface area contributed by atoms with E-state index in [-0.39, 0.29) is 22.8 Å². The van der Waals surface area contributed by atoms with Crippen LogP contribution >= 0.6 is 0 Å². The average molecular weight is 407 g/mol. The molecule has 0 saturated heterocycles. The summed E-state index contributed by atoms with van der Waals surface area (Å²) in [4.78, 5) is 12.1. The Morgan fingerprint density at radius 2 is 2.11 bits per heavy atom. The lowest BCUT2D eigenvalue weighted by molar-refractivity contribution is -0.118. The van der Waals surface area contributed by atoms with Gasteiger partial charge in [-0.2, -0.15) is 5.26 Å². The molecular weight excluding hydrogens is 386 g/mol. The van der Waals surface area contributed by atoms with Crippen molar-refractivity contribution in [2.75, 3.05) is 13.7 Å². The molecule has 0 bridgehead atoms. The summed E-state index contributed by atoms with van der Waals surface area (Å²) in [6, 6.07) is 5.30. The summed E-state index contributed by atoms with van der Waals surface area (Å²) in [6.45, 7) is 4.71. The molecule has 1 unspecified atom stereocenters. The van der Waals surface area contributed by atoms with E-state index in [2.05, 4.69) is 10.0 Å². The minimum absolute atomic E-state index is 0.0162. The summed E-state index contributed by atoms with van der Waals surface area (Å²) in [5.74, 6) is -0.590. The number of methoxy groups -OCH3 is 1. The van der Waals surface area contributed by atoms with Gasteiger partial charge in [-0.3, -0.25) is 4.79 Å². The van der Waals surface area contributed by atoms with Crippen LogP contribution in [0.4, 0.5) is 0 Å². The first-order valence-electron chi connectivity index (χ1n) is 8.37. The van der Waals surface area contributed by atoms with Crippen molar-refractivity contribution in [3.63, 3.8) is 0 Å². The highest BCUT2D eigenvalue weighted by Gasteiger charge is 2.24. The van der Waals surface area contributed by atoms with E-state index in [9.17, 15) is 18.3 Å². The second kappa shape index (κ2) is 8.33. The van der Waals surface area contributed by atoms with Gasteiger partial charge in [-0.25, -0.2) is 13.1 Å². The second-order valence-electron chi connectivity index (χ2n) is 5.93. The van der Waals surface area contributed by atoms with E-state index in [1.54, 1.807) is 19.9 Å². The van der Waals surface area contributed by atoms with Crippen LogP contribution in [0.5, 0.6) is 5.75 Å². The Bertz CT molecular complexity index is 1070. The number of hydrogen-bond donors (Lipinski definition) is 3. The first-order valence-corrected chi connectivity index (χ1v) is 9.85. The lowest BCUT2D eigenvalue weighted by atomic mass is 10.2. The number of nitrogens with one attached hydrogen (secondary N) is 2. The number of nitrogens with zero attached hydrogens (tertiary/aromatic N) is 1. The number of carbonyl (C=O) groups is 1. The van der Waals surface area contributed by atoms with E-state index in [4.69, 9.17) is 14.4 Å². The second-order valence-corrected chi connectivity index (χ2v) is 7.66. The number of aliphatic hydroxyl groups excluding tert-OH is 1. The molecule has 0 fully saturated rings. The number of amides is 1. The Balaban J connectivity index is 2.52. The molecule has 0 saturated carbocycles. The molecule has 1 atom stereocenters.